The summed E-state index contributed by atoms with van der Waals surface area (Å²) in [5.41, 5.74) is 5.68. The molecular weight excluding hydrogens is 258 g/mol. The van der Waals surface area contributed by atoms with E-state index in [1.54, 1.807) is 10.9 Å². The molecule has 0 aliphatic rings. The van der Waals surface area contributed by atoms with Crippen LogP contribution in [0, 0.1) is 5.92 Å². The van der Waals surface area contributed by atoms with Crippen LogP contribution in [0.5, 0.6) is 0 Å². The van der Waals surface area contributed by atoms with E-state index in [-0.39, 0.29) is 30.3 Å². The second-order valence-corrected chi connectivity index (χ2v) is 5.18. The van der Waals surface area contributed by atoms with Gasteiger partial charge < -0.3 is 16.4 Å². The van der Waals surface area contributed by atoms with Crippen molar-refractivity contribution < 1.29 is 9.59 Å². The van der Waals surface area contributed by atoms with E-state index in [0.717, 1.165) is 0 Å². The fourth-order valence-electron chi connectivity index (χ4n) is 1.65. The Balaban J connectivity index is 2.28. The van der Waals surface area contributed by atoms with Crippen LogP contribution < -0.4 is 16.4 Å². The van der Waals surface area contributed by atoms with E-state index in [2.05, 4.69) is 15.7 Å². The molecule has 0 aliphatic heterocycles. The lowest BCUT2D eigenvalue weighted by Gasteiger charge is -2.17. The molecule has 0 spiro atoms. The third kappa shape index (κ3) is 5.40. The van der Waals surface area contributed by atoms with Gasteiger partial charge in [0.2, 0.25) is 11.8 Å². The van der Waals surface area contributed by atoms with Crippen LogP contribution >= 0.6 is 0 Å². The van der Waals surface area contributed by atoms with Crippen molar-refractivity contribution in [3.63, 3.8) is 0 Å². The van der Waals surface area contributed by atoms with E-state index in [1.807, 2.05) is 33.0 Å². The molecule has 20 heavy (non-hydrogen) atoms. The number of rotatable bonds is 7. The summed E-state index contributed by atoms with van der Waals surface area (Å²) in [5, 5.41) is 9.38. The largest absolute Gasteiger partial charge is 0.350 e. The van der Waals surface area contributed by atoms with E-state index >= 15 is 0 Å². The number of hydrogen-bond donors (Lipinski definition) is 3. The minimum atomic E-state index is -0.593. The zero-order chi connectivity index (χ0) is 15.1. The summed E-state index contributed by atoms with van der Waals surface area (Å²) in [6, 6.07) is 1.16. The molecule has 0 saturated heterocycles. The van der Waals surface area contributed by atoms with Gasteiger partial charge in [0.05, 0.1) is 19.1 Å². The molecular formula is C13H23N5O2. The molecule has 0 bridgehead atoms. The van der Waals surface area contributed by atoms with Crippen molar-refractivity contribution in [1.29, 1.82) is 0 Å². The number of carbonyl (C=O) groups is 2. The molecule has 1 aromatic heterocycles. The third-order valence-corrected chi connectivity index (χ3v) is 2.87. The number of nitrogens with two attached hydrogens (primary N) is 1. The van der Waals surface area contributed by atoms with Gasteiger partial charge in [0.15, 0.2) is 0 Å². The van der Waals surface area contributed by atoms with Crippen molar-refractivity contribution in [2.45, 2.75) is 39.4 Å². The number of amides is 2. The molecule has 1 unspecified atom stereocenters. The van der Waals surface area contributed by atoms with Gasteiger partial charge in [-0.25, -0.2) is 0 Å². The molecule has 4 N–H and O–H groups in total. The molecule has 2 atom stereocenters. The Kier molecular flexibility index (Phi) is 6.17. The van der Waals surface area contributed by atoms with Crippen LogP contribution in [0.15, 0.2) is 18.5 Å². The standard InChI is InChI=1S/C13H23N5O2/c1-9(2)12(14)13(20)15-7-11(19)17-10(3)8-18-6-4-5-16-18/h4-6,9-10,12H,7-8,14H2,1-3H3,(H,15,20)(H,17,19)/t10?,12-/m0/s1. The fraction of sp³-hybridized carbons (Fsp3) is 0.615. The lowest BCUT2D eigenvalue weighted by atomic mass is 10.1. The number of hydrogen-bond acceptors (Lipinski definition) is 4. The van der Waals surface area contributed by atoms with Crippen molar-refractivity contribution in [2.24, 2.45) is 11.7 Å². The van der Waals surface area contributed by atoms with Crippen LogP contribution in [0.25, 0.3) is 0 Å². The highest BCUT2D eigenvalue weighted by Crippen LogP contribution is 1.97. The van der Waals surface area contributed by atoms with Gasteiger partial charge in [0.1, 0.15) is 0 Å². The van der Waals surface area contributed by atoms with Gasteiger partial charge in [-0.2, -0.15) is 5.10 Å². The van der Waals surface area contributed by atoms with Crippen molar-refractivity contribution in [3.8, 4) is 0 Å². The van der Waals surface area contributed by atoms with Gasteiger partial charge in [0.25, 0.3) is 0 Å². The SMILES string of the molecule is CC(Cn1cccn1)NC(=O)CNC(=O)[C@@H](N)C(C)C. The number of nitrogens with zero attached hydrogens (tertiary/aromatic N) is 2. The topological polar surface area (TPSA) is 102 Å². The summed E-state index contributed by atoms with van der Waals surface area (Å²) < 4.78 is 1.73. The Hall–Kier alpha value is -1.89. The van der Waals surface area contributed by atoms with E-state index in [0.29, 0.717) is 6.54 Å². The molecule has 0 aliphatic carbocycles. The summed E-state index contributed by atoms with van der Waals surface area (Å²) in [5.74, 6) is -0.513. The maximum atomic E-state index is 11.7. The maximum absolute atomic E-state index is 11.7. The van der Waals surface area contributed by atoms with Crippen LogP contribution in [0.2, 0.25) is 0 Å². The average Bonchev–Trinajstić information content (AvgIpc) is 2.87. The number of aromatic nitrogens is 2. The molecule has 7 nitrogen and oxygen atoms in total. The molecule has 1 aromatic rings. The van der Waals surface area contributed by atoms with E-state index in [4.69, 9.17) is 5.73 Å². The summed E-state index contributed by atoms with van der Waals surface area (Å²) in [6.45, 7) is 6.11. The Morgan fingerprint density at radius 3 is 2.60 bits per heavy atom. The molecule has 7 heteroatoms. The summed E-state index contributed by atoms with van der Waals surface area (Å²) in [6.07, 6.45) is 3.51. The quantitative estimate of drug-likeness (QED) is 0.626. The van der Waals surface area contributed by atoms with Crippen LogP contribution in [0.1, 0.15) is 20.8 Å². The second-order valence-electron chi connectivity index (χ2n) is 5.18. The Morgan fingerprint density at radius 1 is 1.35 bits per heavy atom. The highest BCUT2D eigenvalue weighted by atomic mass is 16.2. The first-order valence-corrected chi connectivity index (χ1v) is 6.70. The fourth-order valence-corrected chi connectivity index (χ4v) is 1.65. The van der Waals surface area contributed by atoms with Gasteiger partial charge in [-0.3, -0.25) is 14.3 Å². The third-order valence-electron chi connectivity index (χ3n) is 2.87. The van der Waals surface area contributed by atoms with Crippen molar-refractivity contribution >= 4 is 11.8 Å². The van der Waals surface area contributed by atoms with Crippen LogP contribution in [0.4, 0.5) is 0 Å². The van der Waals surface area contributed by atoms with Gasteiger partial charge in [-0.15, -0.1) is 0 Å². The zero-order valence-electron chi connectivity index (χ0n) is 12.2. The molecule has 1 rings (SSSR count). The van der Waals surface area contributed by atoms with Crippen molar-refractivity contribution in [2.75, 3.05) is 6.54 Å². The molecule has 1 heterocycles. The van der Waals surface area contributed by atoms with Gasteiger partial charge in [-0.1, -0.05) is 13.8 Å². The van der Waals surface area contributed by atoms with Gasteiger partial charge >= 0.3 is 0 Å². The minimum absolute atomic E-state index is 0.0387. The first kappa shape index (κ1) is 16.2. The Bertz CT molecular complexity index is 430. The molecule has 0 fully saturated rings. The lowest BCUT2D eigenvalue weighted by molar-refractivity contribution is -0.127. The van der Waals surface area contributed by atoms with Crippen molar-refractivity contribution in [1.82, 2.24) is 20.4 Å². The number of carbonyl (C=O) groups excluding carboxylic acids is 2. The monoisotopic (exact) mass is 281 g/mol. The summed E-state index contributed by atoms with van der Waals surface area (Å²) in [7, 11) is 0. The first-order chi connectivity index (χ1) is 9.40. The molecule has 0 aromatic carbocycles. The zero-order valence-corrected chi connectivity index (χ0v) is 12.2. The van der Waals surface area contributed by atoms with E-state index in [9.17, 15) is 9.59 Å². The Labute approximate surface area is 118 Å². The number of nitrogens with one attached hydrogen (secondary N) is 2. The van der Waals surface area contributed by atoms with Crippen LogP contribution in [-0.4, -0.2) is 40.2 Å². The minimum Gasteiger partial charge on any atom is -0.350 e. The molecule has 2 amide bonds. The highest BCUT2D eigenvalue weighted by molar-refractivity contribution is 5.87. The molecule has 0 saturated carbocycles. The smallest absolute Gasteiger partial charge is 0.239 e. The van der Waals surface area contributed by atoms with Gasteiger partial charge in [-0.05, 0) is 18.9 Å². The first-order valence-electron chi connectivity index (χ1n) is 6.70. The molecule has 0 radical (unpaired) electrons. The van der Waals surface area contributed by atoms with E-state index in [1.165, 1.54) is 0 Å². The normalized spacial score (nSPS) is 13.8. The maximum Gasteiger partial charge on any atom is 0.239 e. The summed E-state index contributed by atoms with van der Waals surface area (Å²) in [4.78, 5) is 23.3. The van der Waals surface area contributed by atoms with Gasteiger partial charge in [0, 0.05) is 18.4 Å². The average molecular weight is 281 g/mol. The van der Waals surface area contributed by atoms with Crippen LogP contribution in [0.3, 0.4) is 0 Å². The van der Waals surface area contributed by atoms with Crippen LogP contribution in [-0.2, 0) is 16.1 Å². The Morgan fingerprint density at radius 2 is 2.05 bits per heavy atom. The highest BCUT2D eigenvalue weighted by Gasteiger charge is 2.18. The predicted octanol–water partition coefficient (Wildman–Crippen LogP) is -0.513. The van der Waals surface area contributed by atoms with Crippen molar-refractivity contribution in [3.05, 3.63) is 18.5 Å². The summed E-state index contributed by atoms with van der Waals surface area (Å²) >= 11 is 0. The lowest BCUT2D eigenvalue weighted by Crippen LogP contribution is -2.48. The second kappa shape index (κ2) is 7.64. The molecule has 112 valence electrons. The predicted molar refractivity (Wildman–Crippen MR) is 75.7 cm³/mol. The van der Waals surface area contributed by atoms with E-state index < -0.39 is 6.04 Å².